The first-order valence-electron chi connectivity index (χ1n) is 5.43. The molecule has 0 N–H and O–H groups in total. The minimum Gasteiger partial charge on any atom is -0.520 e. The summed E-state index contributed by atoms with van der Waals surface area (Å²) in [5.41, 5.74) is 2.36. The molecule has 1 aromatic rings. The quantitative estimate of drug-likeness (QED) is 0.585. The highest BCUT2D eigenvalue weighted by molar-refractivity contribution is 6.70. The molecule has 0 amide bonds. The predicted molar refractivity (Wildman–Crippen MR) is 70.6 cm³/mol. The Morgan fingerprint density at radius 1 is 1.19 bits per heavy atom. The first-order valence-corrected chi connectivity index (χ1v) is 8.83. The van der Waals surface area contributed by atoms with Gasteiger partial charge in [0.2, 0.25) is 8.32 Å². The van der Waals surface area contributed by atoms with Crippen molar-refractivity contribution in [2.45, 2.75) is 26.6 Å². The van der Waals surface area contributed by atoms with Crippen molar-refractivity contribution in [2.75, 3.05) is 7.11 Å². The Balaban J connectivity index is 2.92. The lowest BCUT2D eigenvalue weighted by Gasteiger charge is -2.20. The molecule has 0 radical (unpaired) electrons. The zero-order chi connectivity index (χ0) is 12.2. The first-order chi connectivity index (χ1) is 7.42. The van der Waals surface area contributed by atoms with Crippen molar-refractivity contribution in [3.05, 3.63) is 41.3 Å². The maximum atomic E-state index is 5.82. The molecule has 3 heteroatoms. The normalized spacial score (nSPS) is 12.4. The fraction of sp³-hybridized carbons (Fsp3) is 0.385. The third-order valence-electron chi connectivity index (χ3n) is 2.07. The van der Waals surface area contributed by atoms with Crippen molar-refractivity contribution in [1.82, 2.24) is 0 Å². The summed E-state index contributed by atoms with van der Waals surface area (Å²) >= 11 is 0. The molecule has 2 nitrogen and oxygen atoms in total. The number of hydrogen-bond donors (Lipinski definition) is 0. The molecule has 1 rings (SSSR count). The average Bonchev–Trinajstić information content (AvgIpc) is 2.18. The summed E-state index contributed by atoms with van der Waals surface area (Å²) in [6, 6.07) is 8.18. The maximum Gasteiger partial charge on any atom is 0.265 e. The smallest absolute Gasteiger partial charge is 0.265 e. The molecule has 0 saturated heterocycles. The van der Waals surface area contributed by atoms with Crippen LogP contribution in [0.3, 0.4) is 0 Å². The van der Waals surface area contributed by atoms with Crippen LogP contribution in [0.5, 0.6) is 0 Å². The molecule has 0 saturated carbocycles. The Bertz CT molecular complexity index is 378. The number of hydrogen-bond acceptors (Lipinski definition) is 2. The van der Waals surface area contributed by atoms with Gasteiger partial charge in [0, 0.05) is 6.08 Å². The van der Waals surface area contributed by atoms with E-state index in [4.69, 9.17) is 9.16 Å². The summed E-state index contributed by atoms with van der Waals surface area (Å²) in [6.07, 6.45) is 1.95. The molecule has 0 aliphatic rings. The summed E-state index contributed by atoms with van der Waals surface area (Å²) in [4.78, 5) is 0. The van der Waals surface area contributed by atoms with E-state index in [0.29, 0.717) is 5.95 Å². The van der Waals surface area contributed by atoms with Gasteiger partial charge in [-0.1, -0.05) is 24.3 Å². The molecule has 0 unspecified atom stereocenters. The fourth-order valence-electron chi connectivity index (χ4n) is 1.31. The second kappa shape index (κ2) is 5.21. The van der Waals surface area contributed by atoms with Gasteiger partial charge in [-0.15, -0.1) is 0 Å². The monoisotopic (exact) mass is 236 g/mol. The van der Waals surface area contributed by atoms with Gasteiger partial charge in [0.25, 0.3) is 5.95 Å². The van der Waals surface area contributed by atoms with E-state index < -0.39 is 8.32 Å². The van der Waals surface area contributed by atoms with Crippen molar-refractivity contribution >= 4 is 14.4 Å². The number of methoxy groups -OCH3 is 1. The molecule has 0 aromatic heterocycles. The number of ether oxygens (including phenoxy) is 1. The third kappa shape index (κ3) is 4.11. The van der Waals surface area contributed by atoms with Crippen LogP contribution in [0.15, 0.2) is 30.2 Å². The number of rotatable bonds is 4. The minimum atomic E-state index is -1.61. The molecular formula is C13H20O2Si. The van der Waals surface area contributed by atoms with E-state index in [9.17, 15) is 0 Å². The van der Waals surface area contributed by atoms with E-state index in [-0.39, 0.29) is 0 Å². The molecule has 16 heavy (non-hydrogen) atoms. The van der Waals surface area contributed by atoms with Gasteiger partial charge in [0.15, 0.2) is 0 Å². The van der Waals surface area contributed by atoms with Crippen molar-refractivity contribution in [1.29, 1.82) is 0 Å². The second-order valence-corrected chi connectivity index (χ2v) is 9.17. The highest BCUT2D eigenvalue weighted by atomic mass is 28.4. The largest absolute Gasteiger partial charge is 0.520 e. The summed E-state index contributed by atoms with van der Waals surface area (Å²) in [5, 5.41) is 0. The summed E-state index contributed by atoms with van der Waals surface area (Å²) in [6.45, 7) is 8.49. The Kier molecular flexibility index (Phi) is 4.18. The van der Waals surface area contributed by atoms with Crippen molar-refractivity contribution in [3.8, 4) is 0 Å². The fourth-order valence-corrected chi connectivity index (χ4v) is 2.05. The zero-order valence-corrected chi connectivity index (χ0v) is 11.7. The van der Waals surface area contributed by atoms with Crippen molar-refractivity contribution < 1.29 is 9.16 Å². The van der Waals surface area contributed by atoms with Gasteiger partial charge in [-0.2, -0.15) is 0 Å². The zero-order valence-electron chi connectivity index (χ0n) is 10.7. The van der Waals surface area contributed by atoms with E-state index in [1.807, 2.05) is 18.2 Å². The van der Waals surface area contributed by atoms with Crippen molar-refractivity contribution in [2.24, 2.45) is 0 Å². The van der Waals surface area contributed by atoms with Crippen LogP contribution in [-0.4, -0.2) is 15.4 Å². The van der Waals surface area contributed by atoms with Gasteiger partial charge in [-0.3, -0.25) is 0 Å². The van der Waals surface area contributed by atoms with Gasteiger partial charge in [-0.25, -0.2) is 0 Å². The Morgan fingerprint density at radius 2 is 1.81 bits per heavy atom. The third-order valence-corrected chi connectivity index (χ3v) is 2.88. The van der Waals surface area contributed by atoms with Crippen LogP contribution in [0.2, 0.25) is 19.6 Å². The van der Waals surface area contributed by atoms with E-state index in [0.717, 1.165) is 5.56 Å². The first kappa shape index (κ1) is 12.8. The summed E-state index contributed by atoms with van der Waals surface area (Å²) < 4.78 is 11.1. The molecule has 1 aromatic carbocycles. The number of benzene rings is 1. The van der Waals surface area contributed by atoms with E-state index in [1.165, 1.54) is 5.56 Å². The van der Waals surface area contributed by atoms with Gasteiger partial charge >= 0.3 is 0 Å². The van der Waals surface area contributed by atoms with Crippen LogP contribution in [0.1, 0.15) is 11.1 Å². The van der Waals surface area contributed by atoms with Crippen LogP contribution in [0.25, 0.3) is 6.08 Å². The van der Waals surface area contributed by atoms with E-state index in [1.54, 1.807) is 7.11 Å². The van der Waals surface area contributed by atoms with Crippen LogP contribution in [0.4, 0.5) is 0 Å². The number of aryl methyl sites for hydroxylation is 1. The Hall–Kier alpha value is -1.22. The van der Waals surface area contributed by atoms with Crippen LogP contribution in [-0.2, 0) is 9.16 Å². The molecule has 88 valence electrons. The molecule has 0 bridgehead atoms. The minimum absolute atomic E-state index is 0.605. The standard InChI is InChI=1S/C13H20O2Si/c1-11-8-6-7-9-12(11)10-13(14-2)15-16(3,4)5/h6-10H,1-5H3/b13-10+. The summed E-state index contributed by atoms with van der Waals surface area (Å²) in [7, 11) is 0.0373. The van der Waals surface area contributed by atoms with Gasteiger partial charge in [-0.05, 0) is 37.7 Å². The Morgan fingerprint density at radius 3 is 2.31 bits per heavy atom. The highest BCUT2D eigenvalue weighted by Crippen LogP contribution is 2.16. The molecule has 0 heterocycles. The lowest BCUT2D eigenvalue weighted by molar-refractivity contribution is 0.152. The van der Waals surface area contributed by atoms with Crippen LogP contribution >= 0.6 is 0 Å². The molecule has 0 atom stereocenters. The lowest BCUT2D eigenvalue weighted by Crippen LogP contribution is -2.25. The highest BCUT2D eigenvalue weighted by Gasteiger charge is 2.18. The predicted octanol–water partition coefficient (Wildman–Crippen LogP) is 3.79. The van der Waals surface area contributed by atoms with Crippen molar-refractivity contribution in [3.63, 3.8) is 0 Å². The van der Waals surface area contributed by atoms with E-state index >= 15 is 0 Å². The SMILES string of the molecule is CO/C(=C\c1ccccc1C)O[Si](C)(C)C. The lowest BCUT2D eigenvalue weighted by atomic mass is 10.1. The average molecular weight is 236 g/mol. The topological polar surface area (TPSA) is 18.5 Å². The van der Waals surface area contributed by atoms with Gasteiger partial charge in [0.1, 0.15) is 0 Å². The molecule has 0 aliphatic carbocycles. The van der Waals surface area contributed by atoms with E-state index in [2.05, 4.69) is 38.7 Å². The molecule has 0 aliphatic heterocycles. The summed E-state index contributed by atoms with van der Waals surface area (Å²) in [5.74, 6) is 0.605. The Labute approximate surface area is 99.0 Å². The van der Waals surface area contributed by atoms with Gasteiger partial charge < -0.3 is 9.16 Å². The molecule has 0 fully saturated rings. The maximum absolute atomic E-state index is 5.82. The second-order valence-electron chi connectivity index (χ2n) is 4.74. The molecular weight excluding hydrogens is 216 g/mol. The van der Waals surface area contributed by atoms with Crippen LogP contribution in [0, 0.1) is 6.92 Å². The molecule has 0 spiro atoms. The van der Waals surface area contributed by atoms with Gasteiger partial charge in [0.05, 0.1) is 7.11 Å². The van der Waals surface area contributed by atoms with Crippen LogP contribution < -0.4 is 0 Å².